The van der Waals surface area contributed by atoms with Crippen LogP contribution in [0.4, 0.5) is 0 Å². The Morgan fingerprint density at radius 3 is 2.55 bits per heavy atom. The molecule has 3 aromatic rings. The lowest BCUT2D eigenvalue weighted by atomic mass is 10.2. The van der Waals surface area contributed by atoms with Crippen LogP contribution in [-0.2, 0) is 22.1 Å². The quantitative estimate of drug-likeness (QED) is 0.568. The summed E-state index contributed by atoms with van der Waals surface area (Å²) in [5.74, 6) is -0.588. The number of sulfone groups is 1. The zero-order chi connectivity index (χ0) is 21.0. The summed E-state index contributed by atoms with van der Waals surface area (Å²) in [7, 11) is -2.43. The summed E-state index contributed by atoms with van der Waals surface area (Å²) in [6.07, 6.45) is 0. The third-order valence-corrected chi connectivity index (χ3v) is 6.14. The Balaban J connectivity index is 1.71. The van der Waals surface area contributed by atoms with Crippen LogP contribution in [0.2, 0.25) is 10.0 Å². The van der Waals surface area contributed by atoms with Crippen molar-refractivity contribution in [2.75, 3.05) is 7.11 Å². The highest BCUT2D eigenvalue weighted by molar-refractivity contribution is 7.90. The van der Waals surface area contributed by atoms with E-state index in [0.717, 1.165) is 5.56 Å². The summed E-state index contributed by atoms with van der Waals surface area (Å²) in [6, 6.07) is 14.3. The van der Waals surface area contributed by atoms with Crippen molar-refractivity contribution in [1.82, 2.24) is 5.32 Å². The molecule has 0 fully saturated rings. The third kappa shape index (κ3) is 5.32. The van der Waals surface area contributed by atoms with Crippen molar-refractivity contribution < 1.29 is 22.4 Å². The largest absolute Gasteiger partial charge is 0.495 e. The standard InChI is InChI=1S/C20H17Cl2NO5S/c1-27-17-7-5-15(22)10-19(17)29(25,26)12-16-6-8-18(28-16)20(24)23-11-13-3-2-4-14(21)9-13/h2-10H,11-12H2,1H3,(H,23,24). The Morgan fingerprint density at radius 1 is 1.07 bits per heavy atom. The topological polar surface area (TPSA) is 85.6 Å². The normalized spacial score (nSPS) is 11.3. The number of methoxy groups -OCH3 is 1. The molecule has 152 valence electrons. The number of carbonyl (C=O) groups is 1. The molecule has 1 amide bonds. The Morgan fingerprint density at radius 2 is 1.83 bits per heavy atom. The van der Waals surface area contributed by atoms with E-state index in [1.165, 1.54) is 37.4 Å². The lowest BCUT2D eigenvalue weighted by Crippen LogP contribution is -2.22. The summed E-state index contributed by atoms with van der Waals surface area (Å²) in [5, 5.41) is 3.53. The van der Waals surface area contributed by atoms with Crippen molar-refractivity contribution in [1.29, 1.82) is 0 Å². The summed E-state index contributed by atoms with van der Waals surface area (Å²) >= 11 is 11.8. The first-order chi connectivity index (χ1) is 13.8. The number of benzene rings is 2. The fourth-order valence-electron chi connectivity index (χ4n) is 2.65. The zero-order valence-corrected chi connectivity index (χ0v) is 17.6. The molecule has 0 bridgehead atoms. The van der Waals surface area contributed by atoms with Gasteiger partial charge in [-0.3, -0.25) is 4.79 Å². The molecule has 0 aliphatic heterocycles. The van der Waals surface area contributed by atoms with Crippen LogP contribution in [0.15, 0.2) is 63.9 Å². The number of ether oxygens (including phenoxy) is 1. The smallest absolute Gasteiger partial charge is 0.287 e. The Hall–Kier alpha value is -2.48. The van der Waals surface area contributed by atoms with Crippen LogP contribution < -0.4 is 10.1 Å². The average Bonchev–Trinajstić information content (AvgIpc) is 3.14. The Bertz CT molecular complexity index is 1140. The predicted octanol–water partition coefficient (Wildman–Crippen LogP) is 4.50. The van der Waals surface area contributed by atoms with Gasteiger partial charge in [-0.2, -0.15) is 0 Å². The number of rotatable bonds is 7. The first-order valence-electron chi connectivity index (χ1n) is 8.46. The van der Waals surface area contributed by atoms with Gasteiger partial charge in [0, 0.05) is 16.6 Å². The van der Waals surface area contributed by atoms with Crippen LogP contribution in [0.1, 0.15) is 21.9 Å². The van der Waals surface area contributed by atoms with E-state index in [1.807, 2.05) is 6.07 Å². The molecule has 2 aromatic carbocycles. The van der Waals surface area contributed by atoms with Crippen LogP contribution in [0.25, 0.3) is 0 Å². The number of furan rings is 1. The molecule has 0 atom stereocenters. The van der Waals surface area contributed by atoms with Crippen LogP contribution >= 0.6 is 23.2 Å². The summed E-state index contributed by atoms with van der Waals surface area (Å²) in [6.45, 7) is 0.257. The Labute approximate surface area is 178 Å². The first-order valence-corrected chi connectivity index (χ1v) is 10.9. The van der Waals surface area contributed by atoms with Crippen molar-refractivity contribution in [2.45, 2.75) is 17.2 Å². The van der Waals surface area contributed by atoms with Gasteiger partial charge >= 0.3 is 0 Å². The van der Waals surface area contributed by atoms with E-state index < -0.39 is 21.5 Å². The number of amides is 1. The highest BCUT2D eigenvalue weighted by Crippen LogP contribution is 2.30. The molecule has 0 aliphatic carbocycles. The zero-order valence-electron chi connectivity index (χ0n) is 15.3. The lowest BCUT2D eigenvalue weighted by molar-refractivity contribution is 0.0921. The Kier molecular flexibility index (Phi) is 6.52. The van der Waals surface area contributed by atoms with Crippen molar-refractivity contribution in [3.8, 4) is 5.75 Å². The van der Waals surface area contributed by atoms with Gasteiger partial charge < -0.3 is 14.5 Å². The highest BCUT2D eigenvalue weighted by atomic mass is 35.5. The minimum Gasteiger partial charge on any atom is -0.495 e. The number of nitrogens with one attached hydrogen (secondary N) is 1. The maximum atomic E-state index is 12.7. The fraction of sp³-hybridized carbons (Fsp3) is 0.150. The molecule has 1 aromatic heterocycles. The maximum Gasteiger partial charge on any atom is 0.287 e. The van der Waals surface area contributed by atoms with E-state index in [1.54, 1.807) is 18.2 Å². The fourth-order valence-corrected chi connectivity index (χ4v) is 4.55. The van der Waals surface area contributed by atoms with Gasteiger partial charge in [0.2, 0.25) is 0 Å². The van der Waals surface area contributed by atoms with Gasteiger partial charge in [0.1, 0.15) is 22.2 Å². The van der Waals surface area contributed by atoms with Gasteiger partial charge in [-0.15, -0.1) is 0 Å². The molecule has 3 rings (SSSR count). The number of hydrogen-bond acceptors (Lipinski definition) is 5. The SMILES string of the molecule is COc1ccc(Cl)cc1S(=O)(=O)Cc1ccc(C(=O)NCc2cccc(Cl)c2)o1. The van der Waals surface area contributed by atoms with Crippen LogP contribution in [0.5, 0.6) is 5.75 Å². The number of carbonyl (C=O) groups excluding carboxylic acids is 1. The second-order valence-electron chi connectivity index (χ2n) is 6.13. The molecule has 0 aliphatic rings. The van der Waals surface area contributed by atoms with E-state index in [9.17, 15) is 13.2 Å². The molecule has 29 heavy (non-hydrogen) atoms. The molecular weight excluding hydrogens is 437 g/mol. The molecular formula is C20H17Cl2NO5S. The van der Waals surface area contributed by atoms with Gasteiger partial charge in [0.25, 0.3) is 5.91 Å². The summed E-state index contributed by atoms with van der Waals surface area (Å²) in [5.41, 5.74) is 0.827. The molecule has 0 unspecified atom stereocenters. The van der Waals surface area contributed by atoms with Gasteiger partial charge in [-0.05, 0) is 48.0 Å². The third-order valence-electron chi connectivity index (χ3n) is 4.02. The minimum absolute atomic E-state index is 0.00953. The second kappa shape index (κ2) is 8.90. The van der Waals surface area contributed by atoms with E-state index in [0.29, 0.717) is 5.02 Å². The molecule has 0 saturated carbocycles. The lowest BCUT2D eigenvalue weighted by Gasteiger charge is -2.09. The van der Waals surface area contributed by atoms with Crippen molar-refractivity contribution in [3.05, 3.63) is 81.7 Å². The van der Waals surface area contributed by atoms with Crippen LogP contribution in [0.3, 0.4) is 0 Å². The van der Waals surface area contributed by atoms with Gasteiger partial charge in [-0.25, -0.2) is 8.42 Å². The van der Waals surface area contributed by atoms with Crippen molar-refractivity contribution in [2.24, 2.45) is 0 Å². The molecule has 6 nitrogen and oxygen atoms in total. The van der Waals surface area contributed by atoms with Crippen molar-refractivity contribution in [3.63, 3.8) is 0 Å². The first kappa shape index (κ1) is 21.2. The molecule has 0 radical (unpaired) electrons. The predicted molar refractivity (Wildman–Crippen MR) is 110 cm³/mol. The monoisotopic (exact) mass is 453 g/mol. The van der Waals surface area contributed by atoms with Gasteiger partial charge in [-0.1, -0.05) is 35.3 Å². The molecule has 1 heterocycles. The van der Waals surface area contributed by atoms with E-state index in [2.05, 4.69) is 5.32 Å². The number of hydrogen-bond donors (Lipinski definition) is 1. The van der Waals surface area contributed by atoms with E-state index in [4.69, 9.17) is 32.4 Å². The second-order valence-corrected chi connectivity index (χ2v) is 8.96. The average molecular weight is 454 g/mol. The number of halogens is 2. The summed E-state index contributed by atoms with van der Waals surface area (Å²) < 4.78 is 36.0. The molecule has 1 N–H and O–H groups in total. The molecule has 9 heteroatoms. The van der Waals surface area contributed by atoms with Gasteiger partial charge in [0.15, 0.2) is 15.6 Å². The minimum atomic E-state index is -3.80. The van der Waals surface area contributed by atoms with E-state index >= 15 is 0 Å². The highest BCUT2D eigenvalue weighted by Gasteiger charge is 2.23. The van der Waals surface area contributed by atoms with Gasteiger partial charge in [0.05, 0.1) is 7.11 Å². The maximum absolute atomic E-state index is 12.7. The molecule has 0 saturated heterocycles. The van der Waals surface area contributed by atoms with Crippen LogP contribution in [0, 0.1) is 0 Å². The van der Waals surface area contributed by atoms with Crippen molar-refractivity contribution >= 4 is 38.9 Å². The summed E-state index contributed by atoms with van der Waals surface area (Å²) in [4.78, 5) is 12.2. The molecule has 0 spiro atoms. The van der Waals surface area contributed by atoms with E-state index in [-0.39, 0.29) is 33.7 Å². The van der Waals surface area contributed by atoms with Crippen LogP contribution in [-0.4, -0.2) is 21.4 Å².